The number of rotatable bonds is 5. The molecular weight excluding hydrogens is 354 g/mol. The van der Waals surface area contributed by atoms with Crippen molar-refractivity contribution in [3.05, 3.63) is 52.6 Å². The fourth-order valence-corrected chi connectivity index (χ4v) is 3.29. The van der Waals surface area contributed by atoms with Crippen LogP contribution in [0.5, 0.6) is 0 Å². The zero-order valence-electron chi connectivity index (χ0n) is 12.9. The maximum atomic E-state index is 12.1. The van der Waals surface area contributed by atoms with Crippen molar-refractivity contribution < 1.29 is 4.79 Å². The molecule has 4 nitrogen and oxygen atoms in total. The van der Waals surface area contributed by atoms with Gasteiger partial charge in [-0.3, -0.25) is 4.79 Å². The second-order valence-electron chi connectivity index (χ2n) is 5.87. The van der Waals surface area contributed by atoms with E-state index in [0.717, 1.165) is 15.7 Å². The van der Waals surface area contributed by atoms with Crippen LogP contribution in [0, 0.1) is 0 Å². The van der Waals surface area contributed by atoms with Gasteiger partial charge in [0.15, 0.2) is 0 Å². The molecule has 1 aliphatic carbocycles. The van der Waals surface area contributed by atoms with E-state index in [1.165, 1.54) is 25.7 Å². The minimum atomic E-state index is -0.0686. The number of hydrogen-bond acceptors (Lipinski definition) is 3. The predicted octanol–water partition coefficient (Wildman–Crippen LogP) is 4.38. The van der Waals surface area contributed by atoms with Crippen molar-refractivity contribution in [1.82, 2.24) is 4.98 Å². The van der Waals surface area contributed by atoms with Gasteiger partial charge in [-0.15, -0.1) is 0 Å². The fraction of sp³-hybridized carbons (Fsp3) is 0.333. The molecular formula is C18H20BrN3O. The summed E-state index contributed by atoms with van der Waals surface area (Å²) in [5, 5.41) is 6.33. The van der Waals surface area contributed by atoms with E-state index in [-0.39, 0.29) is 5.91 Å². The van der Waals surface area contributed by atoms with Crippen LogP contribution in [0.2, 0.25) is 0 Å². The molecule has 0 radical (unpaired) electrons. The lowest BCUT2D eigenvalue weighted by Gasteiger charge is -2.13. The molecule has 1 aromatic carbocycles. The van der Waals surface area contributed by atoms with Crippen LogP contribution in [-0.2, 0) is 11.2 Å². The number of carbonyl (C=O) groups excluding carboxylic acids is 1. The van der Waals surface area contributed by atoms with E-state index in [0.29, 0.717) is 18.3 Å². The number of amides is 1. The van der Waals surface area contributed by atoms with Gasteiger partial charge in [0.1, 0.15) is 5.82 Å². The van der Waals surface area contributed by atoms with E-state index in [9.17, 15) is 4.79 Å². The van der Waals surface area contributed by atoms with Crippen molar-refractivity contribution in [3.63, 3.8) is 0 Å². The maximum absolute atomic E-state index is 12.1. The van der Waals surface area contributed by atoms with Crippen LogP contribution >= 0.6 is 15.9 Å². The van der Waals surface area contributed by atoms with Crippen molar-refractivity contribution in [2.24, 2.45) is 0 Å². The molecule has 3 rings (SSSR count). The van der Waals surface area contributed by atoms with Crippen LogP contribution in [0.4, 0.5) is 11.5 Å². The SMILES string of the molecule is O=C(Cc1ccccc1Br)Nc1ccc(NC2CCCC2)cn1. The minimum absolute atomic E-state index is 0.0686. The molecule has 0 bridgehead atoms. The zero-order chi connectivity index (χ0) is 16.1. The highest BCUT2D eigenvalue weighted by atomic mass is 79.9. The smallest absolute Gasteiger partial charge is 0.229 e. The predicted molar refractivity (Wildman–Crippen MR) is 96.6 cm³/mol. The number of hydrogen-bond donors (Lipinski definition) is 2. The van der Waals surface area contributed by atoms with Crippen molar-refractivity contribution >= 4 is 33.3 Å². The average Bonchev–Trinajstić information content (AvgIpc) is 3.04. The summed E-state index contributed by atoms with van der Waals surface area (Å²) in [4.78, 5) is 16.4. The van der Waals surface area contributed by atoms with Gasteiger partial charge in [0.2, 0.25) is 5.91 Å². The summed E-state index contributed by atoms with van der Waals surface area (Å²) < 4.78 is 0.944. The summed E-state index contributed by atoms with van der Waals surface area (Å²) in [6.45, 7) is 0. The molecule has 1 aliphatic rings. The zero-order valence-corrected chi connectivity index (χ0v) is 14.5. The van der Waals surface area contributed by atoms with Crippen molar-refractivity contribution in [2.75, 3.05) is 10.6 Å². The quantitative estimate of drug-likeness (QED) is 0.817. The largest absolute Gasteiger partial charge is 0.381 e. The van der Waals surface area contributed by atoms with Gasteiger partial charge < -0.3 is 10.6 Å². The maximum Gasteiger partial charge on any atom is 0.229 e. The highest BCUT2D eigenvalue weighted by molar-refractivity contribution is 9.10. The topological polar surface area (TPSA) is 54.0 Å². The highest BCUT2D eigenvalue weighted by Crippen LogP contribution is 2.22. The summed E-state index contributed by atoms with van der Waals surface area (Å²) in [5.41, 5.74) is 1.98. The molecule has 23 heavy (non-hydrogen) atoms. The molecule has 2 aromatic rings. The van der Waals surface area contributed by atoms with Gasteiger partial charge in [-0.2, -0.15) is 0 Å². The number of anilines is 2. The molecule has 0 aliphatic heterocycles. The Hall–Kier alpha value is -1.88. The summed E-state index contributed by atoms with van der Waals surface area (Å²) >= 11 is 3.46. The van der Waals surface area contributed by atoms with Crippen LogP contribution in [0.3, 0.4) is 0 Å². The molecule has 0 atom stereocenters. The Balaban J connectivity index is 1.55. The van der Waals surface area contributed by atoms with Gasteiger partial charge in [-0.1, -0.05) is 47.0 Å². The van der Waals surface area contributed by atoms with Crippen LogP contribution in [0.1, 0.15) is 31.2 Å². The number of pyridine rings is 1. The van der Waals surface area contributed by atoms with Crippen LogP contribution < -0.4 is 10.6 Å². The first-order valence-corrected chi connectivity index (χ1v) is 8.76. The minimum Gasteiger partial charge on any atom is -0.381 e. The van der Waals surface area contributed by atoms with Gasteiger partial charge in [0.25, 0.3) is 0 Å². The molecule has 1 aromatic heterocycles. The molecule has 1 saturated carbocycles. The molecule has 5 heteroatoms. The third-order valence-corrected chi connectivity index (χ3v) is 4.84. The van der Waals surface area contributed by atoms with Crippen molar-refractivity contribution in [3.8, 4) is 0 Å². The Morgan fingerprint density at radius 1 is 1.17 bits per heavy atom. The van der Waals surface area contributed by atoms with Gasteiger partial charge in [0.05, 0.1) is 18.3 Å². The Bertz CT molecular complexity index is 666. The number of halogens is 1. The van der Waals surface area contributed by atoms with Gasteiger partial charge >= 0.3 is 0 Å². The third kappa shape index (κ3) is 4.55. The lowest BCUT2D eigenvalue weighted by Crippen LogP contribution is -2.16. The first-order valence-electron chi connectivity index (χ1n) is 7.96. The Morgan fingerprint density at radius 3 is 2.65 bits per heavy atom. The summed E-state index contributed by atoms with van der Waals surface area (Å²) in [5.74, 6) is 0.514. The molecule has 1 fully saturated rings. The van der Waals surface area contributed by atoms with Crippen molar-refractivity contribution in [1.29, 1.82) is 0 Å². The highest BCUT2D eigenvalue weighted by Gasteiger charge is 2.14. The Morgan fingerprint density at radius 2 is 1.96 bits per heavy atom. The van der Waals surface area contributed by atoms with Gasteiger partial charge in [-0.05, 0) is 36.6 Å². The first kappa shape index (κ1) is 16.0. The normalized spacial score (nSPS) is 14.7. The Labute approximate surface area is 144 Å². The summed E-state index contributed by atoms with van der Waals surface area (Å²) in [6, 6.07) is 12.1. The monoisotopic (exact) mass is 373 g/mol. The molecule has 1 amide bonds. The van der Waals surface area contributed by atoms with Gasteiger partial charge in [0, 0.05) is 10.5 Å². The van der Waals surface area contributed by atoms with Crippen LogP contribution in [0.15, 0.2) is 47.1 Å². The molecule has 2 N–H and O–H groups in total. The van der Waals surface area contributed by atoms with Gasteiger partial charge in [-0.25, -0.2) is 4.98 Å². The second kappa shape index (κ2) is 7.59. The van der Waals surface area contributed by atoms with E-state index in [4.69, 9.17) is 0 Å². The lowest BCUT2D eigenvalue weighted by atomic mass is 10.1. The van der Waals surface area contributed by atoms with E-state index >= 15 is 0 Å². The molecule has 0 unspecified atom stereocenters. The standard InChI is InChI=1S/C18H20BrN3O/c19-16-8-4-1-5-13(16)11-18(23)22-17-10-9-15(12-20-17)21-14-6-2-3-7-14/h1,4-5,8-10,12,14,21H,2-3,6-7,11H2,(H,20,22,23). The number of nitrogens with one attached hydrogen (secondary N) is 2. The Kier molecular flexibility index (Phi) is 5.28. The summed E-state index contributed by atoms with van der Waals surface area (Å²) in [7, 11) is 0. The number of aromatic nitrogens is 1. The summed E-state index contributed by atoms with van der Waals surface area (Å²) in [6.07, 6.45) is 7.16. The molecule has 1 heterocycles. The lowest BCUT2D eigenvalue weighted by molar-refractivity contribution is -0.115. The van der Waals surface area contributed by atoms with E-state index in [2.05, 4.69) is 31.5 Å². The van der Waals surface area contributed by atoms with Crippen molar-refractivity contribution in [2.45, 2.75) is 38.1 Å². The number of carbonyl (C=O) groups is 1. The molecule has 120 valence electrons. The van der Waals surface area contributed by atoms with E-state index in [1.54, 1.807) is 6.20 Å². The fourth-order valence-electron chi connectivity index (χ4n) is 2.86. The second-order valence-corrected chi connectivity index (χ2v) is 6.73. The average molecular weight is 374 g/mol. The van der Waals surface area contributed by atoms with Crippen LogP contribution in [0.25, 0.3) is 0 Å². The van der Waals surface area contributed by atoms with E-state index in [1.807, 2.05) is 36.4 Å². The van der Waals surface area contributed by atoms with Crippen LogP contribution in [-0.4, -0.2) is 16.9 Å². The van der Waals surface area contributed by atoms with E-state index < -0.39 is 0 Å². The number of benzene rings is 1. The first-order chi connectivity index (χ1) is 11.2. The molecule has 0 saturated heterocycles. The number of nitrogens with zero attached hydrogens (tertiary/aromatic N) is 1. The third-order valence-electron chi connectivity index (χ3n) is 4.07. The molecule has 0 spiro atoms.